The third-order valence-corrected chi connectivity index (χ3v) is 3.02. The molecule has 0 saturated carbocycles. The topological polar surface area (TPSA) is 31.6 Å². The first kappa shape index (κ1) is 13.2. The fourth-order valence-electron chi connectivity index (χ4n) is 1.95. The Morgan fingerprint density at radius 2 is 1.71 bits per heavy atom. The Morgan fingerprint density at radius 1 is 0.952 bits per heavy atom. The van der Waals surface area contributed by atoms with Crippen molar-refractivity contribution in [1.29, 1.82) is 0 Å². The summed E-state index contributed by atoms with van der Waals surface area (Å²) >= 11 is 0. The molecule has 2 aromatic carbocycles. The lowest BCUT2D eigenvalue weighted by Gasteiger charge is -2.08. The summed E-state index contributed by atoms with van der Waals surface area (Å²) < 4.78 is 29.9. The predicted molar refractivity (Wildman–Crippen MR) is 77.2 cm³/mol. The molecular formula is C17H13FO3. The summed E-state index contributed by atoms with van der Waals surface area (Å²) in [5, 5.41) is 0. The molecule has 0 aliphatic carbocycles. The van der Waals surface area contributed by atoms with Crippen LogP contribution in [-0.2, 0) is 0 Å². The second-order valence-electron chi connectivity index (χ2n) is 4.40. The number of rotatable bonds is 4. The Labute approximate surface area is 121 Å². The lowest BCUT2D eigenvalue weighted by Crippen LogP contribution is -1.89. The molecule has 0 saturated heterocycles. The van der Waals surface area contributed by atoms with E-state index >= 15 is 0 Å². The molecule has 3 aromatic rings. The second kappa shape index (κ2) is 5.71. The van der Waals surface area contributed by atoms with Crippen molar-refractivity contribution in [2.75, 3.05) is 7.11 Å². The van der Waals surface area contributed by atoms with Crippen LogP contribution in [0.1, 0.15) is 0 Å². The van der Waals surface area contributed by atoms with Gasteiger partial charge in [0.1, 0.15) is 17.3 Å². The Bertz CT molecular complexity index is 718. The van der Waals surface area contributed by atoms with Crippen molar-refractivity contribution in [3.05, 3.63) is 66.7 Å². The zero-order chi connectivity index (χ0) is 14.7. The van der Waals surface area contributed by atoms with Gasteiger partial charge in [0.25, 0.3) is 0 Å². The number of furan rings is 1. The largest absolute Gasteiger partial charge is 0.497 e. The van der Waals surface area contributed by atoms with Crippen molar-refractivity contribution < 1.29 is 18.3 Å². The summed E-state index contributed by atoms with van der Waals surface area (Å²) in [6, 6.07) is 15.2. The van der Waals surface area contributed by atoms with Gasteiger partial charge < -0.3 is 13.9 Å². The maximum absolute atomic E-state index is 14.1. The lowest BCUT2D eigenvalue weighted by molar-refractivity contribution is 0.411. The summed E-state index contributed by atoms with van der Waals surface area (Å²) in [7, 11) is 1.59. The van der Waals surface area contributed by atoms with Crippen LogP contribution in [0.4, 0.5) is 4.39 Å². The molecule has 4 heteroatoms. The molecule has 0 spiro atoms. The first-order valence-electron chi connectivity index (χ1n) is 6.41. The minimum atomic E-state index is -0.445. The summed E-state index contributed by atoms with van der Waals surface area (Å²) in [6.07, 6.45) is 1.55. The zero-order valence-electron chi connectivity index (χ0n) is 11.4. The highest BCUT2D eigenvalue weighted by Crippen LogP contribution is 2.29. The Balaban J connectivity index is 1.82. The quantitative estimate of drug-likeness (QED) is 0.683. The van der Waals surface area contributed by atoms with Crippen LogP contribution in [0.3, 0.4) is 0 Å². The average Bonchev–Trinajstić information content (AvgIpc) is 3.04. The van der Waals surface area contributed by atoms with Gasteiger partial charge in [-0.15, -0.1) is 0 Å². The van der Waals surface area contributed by atoms with Crippen molar-refractivity contribution >= 4 is 0 Å². The highest BCUT2D eigenvalue weighted by molar-refractivity contribution is 5.58. The molecule has 0 fully saturated rings. The van der Waals surface area contributed by atoms with Gasteiger partial charge in [0.15, 0.2) is 11.6 Å². The number of halogens is 1. The molecule has 0 radical (unpaired) electrons. The molecule has 3 rings (SSSR count). The minimum Gasteiger partial charge on any atom is -0.497 e. The maximum Gasteiger partial charge on any atom is 0.166 e. The Kier molecular flexibility index (Phi) is 3.60. The number of hydrogen-bond donors (Lipinski definition) is 0. The van der Waals surface area contributed by atoms with Crippen LogP contribution in [0.5, 0.6) is 17.2 Å². The van der Waals surface area contributed by atoms with Gasteiger partial charge >= 0.3 is 0 Å². The van der Waals surface area contributed by atoms with Crippen molar-refractivity contribution in [3.63, 3.8) is 0 Å². The summed E-state index contributed by atoms with van der Waals surface area (Å²) in [6.45, 7) is 0. The molecule has 1 heterocycles. The van der Waals surface area contributed by atoms with E-state index < -0.39 is 5.82 Å². The third kappa shape index (κ3) is 2.89. The number of methoxy groups -OCH3 is 1. The van der Waals surface area contributed by atoms with Gasteiger partial charge in [-0.3, -0.25) is 0 Å². The van der Waals surface area contributed by atoms with Crippen molar-refractivity contribution in [2.45, 2.75) is 0 Å². The van der Waals surface area contributed by atoms with E-state index in [0.29, 0.717) is 17.1 Å². The van der Waals surface area contributed by atoms with E-state index in [0.717, 1.165) is 5.75 Å². The van der Waals surface area contributed by atoms with Crippen molar-refractivity contribution in [3.8, 4) is 28.6 Å². The SMILES string of the molecule is COc1ccc(Oc2ccc(-c3ccco3)cc2F)cc1. The van der Waals surface area contributed by atoms with Gasteiger partial charge in [0.05, 0.1) is 13.4 Å². The lowest BCUT2D eigenvalue weighted by atomic mass is 10.1. The standard InChI is InChI=1S/C17H13FO3/c1-19-13-5-7-14(8-6-13)21-17-9-4-12(11-15(17)18)16-3-2-10-20-16/h2-11H,1H3. The fraction of sp³-hybridized carbons (Fsp3) is 0.0588. The van der Waals surface area contributed by atoms with Crippen LogP contribution in [-0.4, -0.2) is 7.11 Å². The Hall–Kier alpha value is -2.75. The molecule has 3 nitrogen and oxygen atoms in total. The molecule has 0 amide bonds. The van der Waals surface area contributed by atoms with Crippen molar-refractivity contribution in [1.82, 2.24) is 0 Å². The third-order valence-electron chi connectivity index (χ3n) is 3.02. The molecule has 0 bridgehead atoms. The van der Waals surface area contributed by atoms with Gasteiger partial charge in [-0.1, -0.05) is 0 Å². The molecule has 21 heavy (non-hydrogen) atoms. The zero-order valence-corrected chi connectivity index (χ0v) is 11.4. The van der Waals surface area contributed by atoms with Crippen LogP contribution in [0.25, 0.3) is 11.3 Å². The highest BCUT2D eigenvalue weighted by Gasteiger charge is 2.09. The maximum atomic E-state index is 14.1. The van der Waals surface area contributed by atoms with E-state index in [9.17, 15) is 4.39 Å². The predicted octanol–water partition coefficient (Wildman–Crippen LogP) is 4.89. The highest BCUT2D eigenvalue weighted by atomic mass is 19.1. The van der Waals surface area contributed by atoms with E-state index in [-0.39, 0.29) is 5.75 Å². The van der Waals surface area contributed by atoms with Gasteiger partial charge in [0, 0.05) is 5.56 Å². The van der Waals surface area contributed by atoms with Crippen LogP contribution >= 0.6 is 0 Å². The molecule has 1 aromatic heterocycles. The molecule has 0 unspecified atom stereocenters. The molecule has 106 valence electrons. The molecule has 0 aliphatic rings. The van der Waals surface area contributed by atoms with Gasteiger partial charge in [-0.2, -0.15) is 0 Å². The van der Waals surface area contributed by atoms with E-state index in [4.69, 9.17) is 13.9 Å². The fourth-order valence-corrected chi connectivity index (χ4v) is 1.95. The second-order valence-corrected chi connectivity index (χ2v) is 4.40. The van der Waals surface area contributed by atoms with E-state index in [2.05, 4.69) is 0 Å². The normalized spacial score (nSPS) is 10.4. The number of hydrogen-bond acceptors (Lipinski definition) is 3. The first-order chi connectivity index (χ1) is 10.3. The molecular weight excluding hydrogens is 271 g/mol. The Morgan fingerprint density at radius 3 is 2.33 bits per heavy atom. The monoisotopic (exact) mass is 284 g/mol. The molecule has 0 atom stereocenters. The number of benzene rings is 2. The van der Waals surface area contributed by atoms with Crippen LogP contribution in [0.2, 0.25) is 0 Å². The molecule has 0 aliphatic heterocycles. The van der Waals surface area contributed by atoms with Crippen LogP contribution in [0, 0.1) is 5.82 Å². The van der Waals surface area contributed by atoms with Gasteiger partial charge in [0.2, 0.25) is 0 Å². The smallest absolute Gasteiger partial charge is 0.166 e. The van der Waals surface area contributed by atoms with Crippen LogP contribution in [0.15, 0.2) is 65.3 Å². The van der Waals surface area contributed by atoms with Crippen molar-refractivity contribution in [2.24, 2.45) is 0 Å². The van der Waals surface area contributed by atoms with E-state index in [1.54, 1.807) is 61.9 Å². The summed E-state index contributed by atoms with van der Waals surface area (Å²) in [5.74, 6) is 1.59. The molecule has 0 N–H and O–H groups in total. The van der Waals surface area contributed by atoms with E-state index in [1.165, 1.54) is 6.07 Å². The van der Waals surface area contributed by atoms with Gasteiger partial charge in [-0.05, 0) is 54.6 Å². The van der Waals surface area contributed by atoms with E-state index in [1.807, 2.05) is 0 Å². The summed E-state index contributed by atoms with van der Waals surface area (Å²) in [4.78, 5) is 0. The minimum absolute atomic E-state index is 0.162. The average molecular weight is 284 g/mol. The van der Waals surface area contributed by atoms with Crippen LogP contribution < -0.4 is 9.47 Å². The number of ether oxygens (including phenoxy) is 2. The summed E-state index contributed by atoms with van der Waals surface area (Å²) in [5.41, 5.74) is 0.666. The first-order valence-corrected chi connectivity index (χ1v) is 6.41. The van der Waals surface area contributed by atoms with Gasteiger partial charge in [-0.25, -0.2) is 4.39 Å².